The molecule has 1 aliphatic rings. The molecule has 6 nitrogen and oxygen atoms in total. The molecule has 0 spiro atoms. The molecule has 7 heteroatoms. The minimum absolute atomic E-state index is 0.0155. The summed E-state index contributed by atoms with van der Waals surface area (Å²) < 4.78 is 5.54. The summed E-state index contributed by atoms with van der Waals surface area (Å²) in [5, 5.41) is 5.53. The quantitative estimate of drug-likeness (QED) is 0.624. The Morgan fingerprint density at radius 3 is 2.55 bits per heavy atom. The fourth-order valence-electron chi connectivity index (χ4n) is 3.67. The van der Waals surface area contributed by atoms with Gasteiger partial charge in [-0.2, -0.15) is 0 Å². The van der Waals surface area contributed by atoms with Crippen LogP contribution >= 0.6 is 11.3 Å². The van der Waals surface area contributed by atoms with Crippen molar-refractivity contribution in [1.29, 1.82) is 0 Å². The van der Waals surface area contributed by atoms with E-state index >= 15 is 0 Å². The van der Waals surface area contributed by atoms with Crippen molar-refractivity contribution in [3.63, 3.8) is 0 Å². The lowest BCUT2D eigenvalue weighted by Crippen LogP contribution is -2.43. The van der Waals surface area contributed by atoms with Crippen molar-refractivity contribution in [2.45, 2.75) is 19.8 Å². The fourth-order valence-corrected chi connectivity index (χ4v) is 4.38. The van der Waals surface area contributed by atoms with Crippen molar-refractivity contribution in [3.8, 4) is 17.0 Å². The number of para-hydroxylation sites is 1. The summed E-state index contributed by atoms with van der Waals surface area (Å²) in [6.07, 6.45) is 1.28. The molecule has 3 aromatic rings. The van der Waals surface area contributed by atoms with E-state index in [0.29, 0.717) is 36.8 Å². The van der Waals surface area contributed by atoms with Crippen LogP contribution in [0.5, 0.6) is 5.75 Å². The number of nitrogens with zero attached hydrogens (tertiary/aromatic N) is 2. The molecule has 1 N–H and O–H groups in total. The molecule has 1 aromatic heterocycles. The SMILES string of the molecule is Cc1ccccc1-c1csc(NC(=O)C2CCN(C(=O)COc3ccccc3)CC2)n1. The van der Waals surface area contributed by atoms with Crippen LogP contribution in [0.2, 0.25) is 0 Å². The summed E-state index contributed by atoms with van der Waals surface area (Å²) in [4.78, 5) is 31.4. The second-order valence-electron chi connectivity index (χ2n) is 7.60. The highest BCUT2D eigenvalue weighted by Gasteiger charge is 2.28. The number of thiazole rings is 1. The second-order valence-corrected chi connectivity index (χ2v) is 8.46. The van der Waals surface area contributed by atoms with Crippen LogP contribution in [0.25, 0.3) is 11.3 Å². The van der Waals surface area contributed by atoms with Gasteiger partial charge in [-0.3, -0.25) is 9.59 Å². The van der Waals surface area contributed by atoms with Crippen LogP contribution in [0.3, 0.4) is 0 Å². The van der Waals surface area contributed by atoms with Crippen LogP contribution in [-0.4, -0.2) is 41.4 Å². The number of hydrogen-bond donors (Lipinski definition) is 1. The Morgan fingerprint density at radius 1 is 1.10 bits per heavy atom. The molecule has 160 valence electrons. The number of carbonyl (C=O) groups is 2. The molecule has 0 bridgehead atoms. The van der Waals surface area contributed by atoms with Crippen LogP contribution < -0.4 is 10.1 Å². The number of nitrogens with one attached hydrogen (secondary N) is 1. The third-order valence-corrected chi connectivity index (χ3v) is 6.24. The number of piperidine rings is 1. The maximum atomic E-state index is 12.7. The second kappa shape index (κ2) is 9.75. The zero-order valence-corrected chi connectivity index (χ0v) is 18.2. The molecule has 1 saturated heterocycles. The molecule has 1 aliphatic heterocycles. The van der Waals surface area contributed by atoms with Crippen LogP contribution in [0, 0.1) is 12.8 Å². The van der Waals surface area contributed by atoms with Gasteiger partial charge >= 0.3 is 0 Å². The predicted molar refractivity (Wildman–Crippen MR) is 122 cm³/mol. The zero-order valence-electron chi connectivity index (χ0n) is 17.4. The zero-order chi connectivity index (χ0) is 21.6. The summed E-state index contributed by atoms with van der Waals surface area (Å²) in [5.74, 6) is 0.479. The maximum Gasteiger partial charge on any atom is 0.260 e. The standard InChI is InChI=1S/C24H25N3O3S/c1-17-7-5-6-10-20(17)21-16-31-24(25-21)26-23(29)18-11-13-27(14-12-18)22(28)15-30-19-8-3-2-4-9-19/h2-10,16,18H,11-15H2,1H3,(H,25,26,29). The third kappa shape index (κ3) is 5.30. The lowest BCUT2D eigenvalue weighted by molar-refractivity contribution is -0.136. The first kappa shape index (κ1) is 21.1. The predicted octanol–water partition coefficient (Wildman–Crippen LogP) is 4.37. The smallest absolute Gasteiger partial charge is 0.260 e. The van der Waals surface area contributed by atoms with Crippen LogP contribution in [-0.2, 0) is 9.59 Å². The van der Waals surface area contributed by atoms with Crippen molar-refractivity contribution in [3.05, 3.63) is 65.5 Å². The fraction of sp³-hybridized carbons (Fsp3) is 0.292. The Bertz CT molecular complexity index is 1040. The number of aromatic nitrogens is 1. The van der Waals surface area contributed by atoms with Crippen LogP contribution in [0.4, 0.5) is 5.13 Å². The average Bonchev–Trinajstić information content (AvgIpc) is 3.26. The molecule has 0 unspecified atom stereocenters. The van der Waals surface area contributed by atoms with E-state index in [1.165, 1.54) is 11.3 Å². The number of hydrogen-bond acceptors (Lipinski definition) is 5. The molecular formula is C24H25N3O3S. The van der Waals surface area contributed by atoms with Gasteiger partial charge in [-0.25, -0.2) is 4.98 Å². The number of ether oxygens (including phenoxy) is 1. The van der Waals surface area contributed by atoms with Gasteiger partial charge in [-0.15, -0.1) is 11.3 Å². The number of carbonyl (C=O) groups excluding carboxylic acids is 2. The summed E-state index contributed by atoms with van der Waals surface area (Å²) in [6, 6.07) is 17.4. The molecule has 2 aromatic carbocycles. The highest BCUT2D eigenvalue weighted by molar-refractivity contribution is 7.14. The summed E-state index contributed by atoms with van der Waals surface area (Å²) in [7, 11) is 0. The molecule has 0 atom stereocenters. The van der Waals surface area contributed by atoms with Gasteiger partial charge in [0.2, 0.25) is 5.91 Å². The largest absolute Gasteiger partial charge is 0.484 e. The Hall–Kier alpha value is -3.19. The molecule has 2 heterocycles. The highest BCUT2D eigenvalue weighted by atomic mass is 32.1. The van der Waals surface area contributed by atoms with Gasteiger partial charge < -0.3 is 15.0 Å². The van der Waals surface area contributed by atoms with E-state index in [1.54, 1.807) is 4.90 Å². The number of aryl methyl sites for hydroxylation is 1. The van der Waals surface area contributed by atoms with Crippen molar-refractivity contribution in [2.24, 2.45) is 5.92 Å². The van der Waals surface area contributed by atoms with E-state index in [9.17, 15) is 9.59 Å². The Labute approximate surface area is 185 Å². The van der Waals surface area contributed by atoms with Gasteiger partial charge in [0, 0.05) is 30.0 Å². The van der Waals surface area contributed by atoms with E-state index < -0.39 is 0 Å². The van der Waals surface area contributed by atoms with Gasteiger partial charge in [0.05, 0.1) is 5.69 Å². The van der Waals surface area contributed by atoms with E-state index in [1.807, 2.05) is 66.9 Å². The number of benzene rings is 2. The topological polar surface area (TPSA) is 71.5 Å². The number of anilines is 1. The first-order chi connectivity index (χ1) is 15.1. The van der Waals surface area contributed by atoms with E-state index in [0.717, 1.165) is 16.8 Å². The first-order valence-electron chi connectivity index (χ1n) is 10.4. The lowest BCUT2D eigenvalue weighted by atomic mass is 9.96. The van der Waals surface area contributed by atoms with E-state index in [2.05, 4.69) is 10.3 Å². The summed E-state index contributed by atoms with van der Waals surface area (Å²) in [6.45, 7) is 3.18. The Kier molecular flexibility index (Phi) is 6.62. The molecule has 31 heavy (non-hydrogen) atoms. The minimum Gasteiger partial charge on any atom is -0.484 e. The normalized spacial score (nSPS) is 14.3. The molecule has 0 saturated carbocycles. The molecule has 0 radical (unpaired) electrons. The number of rotatable bonds is 6. The van der Waals surface area contributed by atoms with Gasteiger partial charge in [0.1, 0.15) is 5.75 Å². The van der Waals surface area contributed by atoms with Gasteiger partial charge in [0.25, 0.3) is 5.91 Å². The van der Waals surface area contributed by atoms with Gasteiger partial charge in [-0.05, 0) is 37.5 Å². The Balaban J connectivity index is 1.26. The summed E-state index contributed by atoms with van der Waals surface area (Å²) in [5.41, 5.74) is 3.10. The van der Waals surface area contributed by atoms with Gasteiger partial charge in [0.15, 0.2) is 11.7 Å². The summed E-state index contributed by atoms with van der Waals surface area (Å²) >= 11 is 1.43. The monoisotopic (exact) mass is 435 g/mol. The maximum absolute atomic E-state index is 12.7. The van der Waals surface area contributed by atoms with Crippen molar-refractivity contribution >= 4 is 28.3 Å². The molecular weight excluding hydrogens is 410 g/mol. The number of amides is 2. The van der Waals surface area contributed by atoms with Crippen LogP contribution in [0.1, 0.15) is 18.4 Å². The van der Waals surface area contributed by atoms with E-state index in [-0.39, 0.29) is 24.3 Å². The third-order valence-electron chi connectivity index (χ3n) is 5.48. The molecule has 2 amide bonds. The molecule has 0 aliphatic carbocycles. The minimum atomic E-state index is -0.120. The Morgan fingerprint density at radius 2 is 1.81 bits per heavy atom. The lowest BCUT2D eigenvalue weighted by Gasteiger charge is -2.31. The highest BCUT2D eigenvalue weighted by Crippen LogP contribution is 2.28. The van der Waals surface area contributed by atoms with Crippen molar-refractivity contribution in [2.75, 3.05) is 25.0 Å². The number of likely N-dealkylation sites (tertiary alicyclic amines) is 1. The van der Waals surface area contributed by atoms with E-state index in [4.69, 9.17) is 4.74 Å². The average molecular weight is 436 g/mol. The van der Waals surface area contributed by atoms with Crippen molar-refractivity contribution < 1.29 is 14.3 Å². The molecule has 4 rings (SSSR count). The van der Waals surface area contributed by atoms with Crippen LogP contribution in [0.15, 0.2) is 60.0 Å². The van der Waals surface area contributed by atoms with Gasteiger partial charge in [-0.1, -0.05) is 42.5 Å². The molecule has 1 fully saturated rings. The van der Waals surface area contributed by atoms with Crippen molar-refractivity contribution in [1.82, 2.24) is 9.88 Å². The first-order valence-corrected chi connectivity index (χ1v) is 11.3.